The summed E-state index contributed by atoms with van der Waals surface area (Å²) in [5.41, 5.74) is 1.47. The number of fused-ring (bicyclic) bond motifs is 1. The second-order valence-electron chi connectivity index (χ2n) is 7.91. The molecule has 1 aromatic heterocycles. The summed E-state index contributed by atoms with van der Waals surface area (Å²) in [5, 5.41) is 15.2. The lowest BCUT2D eigenvalue weighted by molar-refractivity contribution is 0.110. The molecule has 0 spiro atoms. The molecule has 1 unspecified atom stereocenters. The van der Waals surface area contributed by atoms with Gasteiger partial charge in [0.25, 0.3) is 0 Å². The van der Waals surface area contributed by atoms with Gasteiger partial charge in [-0.1, -0.05) is 49.4 Å². The molecule has 1 saturated heterocycles. The minimum atomic E-state index is 0.327. The molecule has 3 aromatic rings. The van der Waals surface area contributed by atoms with E-state index in [4.69, 9.17) is 4.42 Å². The molecule has 2 aromatic carbocycles. The third kappa shape index (κ3) is 4.48. The van der Waals surface area contributed by atoms with E-state index in [2.05, 4.69) is 64.3 Å². The molecule has 0 saturated carbocycles. The van der Waals surface area contributed by atoms with Gasteiger partial charge in [0.1, 0.15) is 6.07 Å². The Hall–Kier alpha value is -2.88. The zero-order valence-electron chi connectivity index (χ0n) is 17.8. The Morgan fingerprint density at radius 1 is 1.13 bits per heavy atom. The monoisotopic (exact) mass is 403 g/mol. The highest BCUT2D eigenvalue weighted by atomic mass is 16.4. The van der Waals surface area contributed by atoms with Gasteiger partial charge in [-0.2, -0.15) is 5.26 Å². The molecule has 2 heterocycles. The van der Waals surface area contributed by atoms with Gasteiger partial charge in [-0.05, 0) is 29.8 Å². The maximum atomic E-state index is 9.51. The van der Waals surface area contributed by atoms with E-state index in [9.17, 15) is 5.26 Å². The van der Waals surface area contributed by atoms with Crippen molar-refractivity contribution in [1.29, 1.82) is 5.26 Å². The van der Waals surface area contributed by atoms with Gasteiger partial charge in [0.15, 0.2) is 0 Å². The number of aromatic nitrogens is 1. The summed E-state index contributed by atoms with van der Waals surface area (Å²) in [6, 6.07) is 17.1. The number of benzene rings is 2. The van der Waals surface area contributed by atoms with Crippen molar-refractivity contribution in [3.8, 4) is 6.07 Å². The zero-order valence-corrected chi connectivity index (χ0v) is 17.8. The van der Waals surface area contributed by atoms with Crippen LogP contribution in [-0.4, -0.2) is 60.1 Å². The first-order valence-electron chi connectivity index (χ1n) is 10.7. The van der Waals surface area contributed by atoms with Crippen molar-refractivity contribution >= 4 is 16.7 Å². The van der Waals surface area contributed by atoms with Gasteiger partial charge >= 0.3 is 0 Å². The summed E-state index contributed by atoms with van der Waals surface area (Å²) in [6.07, 6.45) is 0.562. The molecular formula is C24H29N5O. The van der Waals surface area contributed by atoms with E-state index >= 15 is 0 Å². The normalized spacial score (nSPS) is 16.4. The Kier molecular flexibility index (Phi) is 6.32. The van der Waals surface area contributed by atoms with Crippen LogP contribution in [0.25, 0.3) is 10.8 Å². The van der Waals surface area contributed by atoms with Crippen molar-refractivity contribution in [2.45, 2.75) is 26.3 Å². The summed E-state index contributed by atoms with van der Waals surface area (Å²) in [6.45, 7) is 10.6. The highest BCUT2D eigenvalue weighted by Gasteiger charge is 2.21. The van der Waals surface area contributed by atoms with Crippen LogP contribution >= 0.6 is 0 Å². The topological polar surface area (TPSA) is 68.3 Å². The Morgan fingerprint density at radius 2 is 1.90 bits per heavy atom. The van der Waals surface area contributed by atoms with Crippen LogP contribution in [0, 0.1) is 11.3 Å². The SMILES string of the molecule is CCN1CCN(C(C)CNc2oc(Cc3cccc4ccccc34)nc2C#N)CC1. The van der Waals surface area contributed by atoms with E-state index in [0.29, 0.717) is 29.9 Å². The summed E-state index contributed by atoms with van der Waals surface area (Å²) in [5.74, 6) is 1.04. The lowest BCUT2D eigenvalue weighted by atomic mass is 10.0. The van der Waals surface area contributed by atoms with Crippen LogP contribution in [0.4, 0.5) is 5.88 Å². The van der Waals surface area contributed by atoms with E-state index < -0.39 is 0 Å². The molecule has 1 aliphatic heterocycles. The molecule has 0 amide bonds. The van der Waals surface area contributed by atoms with Crippen LogP contribution < -0.4 is 5.32 Å². The standard InChI is InChI=1S/C24H29N5O/c1-3-28-11-13-29(14-12-28)18(2)17-26-24-22(16-25)27-23(30-24)15-20-9-6-8-19-7-4-5-10-21(19)20/h4-10,18,26H,3,11-15,17H2,1-2H3. The third-order valence-electron chi connectivity index (χ3n) is 6.03. The highest BCUT2D eigenvalue weighted by molar-refractivity contribution is 5.85. The van der Waals surface area contributed by atoms with Crippen LogP contribution in [0.1, 0.15) is 31.0 Å². The molecule has 4 rings (SSSR count). The van der Waals surface area contributed by atoms with Crippen LogP contribution in [0.3, 0.4) is 0 Å². The van der Waals surface area contributed by atoms with Crippen LogP contribution in [0.5, 0.6) is 0 Å². The predicted molar refractivity (Wildman–Crippen MR) is 120 cm³/mol. The van der Waals surface area contributed by atoms with Gasteiger partial charge in [-0.15, -0.1) is 0 Å². The number of hydrogen-bond donors (Lipinski definition) is 1. The summed E-state index contributed by atoms with van der Waals surface area (Å²) in [4.78, 5) is 9.39. The van der Waals surface area contributed by atoms with Crippen molar-refractivity contribution in [1.82, 2.24) is 14.8 Å². The molecule has 1 fully saturated rings. The van der Waals surface area contributed by atoms with Crippen molar-refractivity contribution in [2.24, 2.45) is 0 Å². The van der Waals surface area contributed by atoms with Gasteiger partial charge in [0.2, 0.25) is 17.5 Å². The van der Waals surface area contributed by atoms with Gasteiger partial charge in [0.05, 0.1) is 6.42 Å². The summed E-state index contributed by atoms with van der Waals surface area (Å²) < 4.78 is 5.96. The maximum absolute atomic E-state index is 9.51. The van der Waals surface area contributed by atoms with Crippen molar-refractivity contribution < 1.29 is 4.42 Å². The molecule has 156 valence electrons. The van der Waals surface area contributed by atoms with Gasteiger partial charge in [0, 0.05) is 38.8 Å². The first-order chi connectivity index (χ1) is 14.7. The Morgan fingerprint density at radius 3 is 2.67 bits per heavy atom. The average molecular weight is 404 g/mol. The predicted octanol–water partition coefficient (Wildman–Crippen LogP) is 3.73. The van der Waals surface area contributed by atoms with E-state index in [0.717, 1.165) is 44.8 Å². The average Bonchev–Trinajstić information content (AvgIpc) is 3.19. The summed E-state index contributed by atoms with van der Waals surface area (Å²) >= 11 is 0. The number of hydrogen-bond acceptors (Lipinski definition) is 6. The Bertz CT molecular complexity index is 1020. The number of nitriles is 1. The number of likely N-dealkylation sites (N-methyl/N-ethyl adjacent to an activating group) is 1. The van der Waals surface area contributed by atoms with E-state index in [-0.39, 0.29) is 0 Å². The first kappa shape index (κ1) is 20.4. The molecule has 0 bridgehead atoms. The first-order valence-corrected chi connectivity index (χ1v) is 10.7. The fraction of sp³-hybridized carbons (Fsp3) is 0.417. The Balaban J connectivity index is 1.42. The summed E-state index contributed by atoms with van der Waals surface area (Å²) in [7, 11) is 0. The number of nitrogens with one attached hydrogen (secondary N) is 1. The number of anilines is 1. The van der Waals surface area contributed by atoms with Crippen LogP contribution in [-0.2, 0) is 6.42 Å². The minimum Gasteiger partial charge on any atom is -0.423 e. The molecule has 1 atom stereocenters. The minimum absolute atomic E-state index is 0.327. The van der Waals surface area contributed by atoms with Crippen LogP contribution in [0.2, 0.25) is 0 Å². The number of piperazine rings is 1. The van der Waals surface area contributed by atoms with Crippen molar-refractivity contribution in [2.75, 3.05) is 44.6 Å². The van der Waals surface area contributed by atoms with E-state index in [1.807, 2.05) is 18.2 Å². The molecule has 1 aliphatic rings. The van der Waals surface area contributed by atoms with Gasteiger partial charge in [-0.25, -0.2) is 4.98 Å². The van der Waals surface area contributed by atoms with E-state index in [1.54, 1.807) is 0 Å². The molecule has 0 radical (unpaired) electrons. The number of nitrogens with zero attached hydrogens (tertiary/aromatic N) is 4. The van der Waals surface area contributed by atoms with Crippen molar-refractivity contribution in [3.63, 3.8) is 0 Å². The molecule has 0 aliphatic carbocycles. The second kappa shape index (κ2) is 9.29. The molecule has 6 nitrogen and oxygen atoms in total. The van der Waals surface area contributed by atoms with Gasteiger partial charge < -0.3 is 14.6 Å². The fourth-order valence-electron chi connectivity index (χ4n) is 4.14. The van der Waals surface area contributed by atoms with E-state index in [1.165, 1.54) is 10.8 Å². The molecular weight excluding hydrogens is 374 g/mol. The number of oxazole rings is 1. The molecule has 1 N–H and O–H groups in total. The van der Waals surface area contributed by atoms with Gasteiger partial charge in [-0.3, -0.25) is 4.90 Å². The quantitative estimate of drug-likeness (QED) is 0.648. The van der Waals surface area contributed by atoms with Crippen molar-refractivity contribution in [3.05, 3.63) is 59.6 Å². The zero-order chi connectivity index (χ0) is 20.9. The Labute approximate surface area is 178 Å². The fourth-order valence-corrected chi connectivity index (χ4v) is 4.14. The molecule has 6 heteroatoms. The lowest BCUT2D eigenvalue weighted by Gasteiger charge is -2.37. The number of rotatable bonds is 7. The highest BCUT2D eigenvalue weighted by Crippen LogP contribution is 2.24. The third-order valence-corrected chi connectivity index (χ3v) is 6.03. The smallest absolute Gasteiger partial charge is 0.232 e. The molecule has 30 heavy (non-hydrogen) atoms. The largest absolute Gasteiger partial charge is 0.423 e. The second-order valence-corrected chi connectivity index (χ2v) is 7.91. The van der Waals surface area contributed by atoms with Crippen LogP contribution in [0.15, 0.2) is 46.9 Å². The maximum Gasteiger partial charge on any atom is 0.232 e. The lowest BCUT2D eigenvalue weighted by Crippen LogP contribution is -2.51.